The number of aromatic nitrogens is 1. The fourth-order valence-electron chi connectivity index (χ4n) is 3.57. The van der Waals surface area contributed by atoms with Crippen molar-refractivity contribution < 1.29 is 4.79 Å². The maximum absolute atomic E-state index is 12.8. The van der Waals surface area contributed by atoms with Crippen molar-refractivity contribution in [2.75, 3.05) is 42.7 Å². The molecular formula is C22H24N4OS. The molecule has 0 unspecified atom stereocenters. The predicted octanol–water partition coefficient (Wildman–Crippen LogP) is 4.62. The smallest absolute Gasteiger partial charge is 0.322 e. The van der Waals surface area contributed by atoms with Gasteiger partial charge in [-0.1, -0.05) is 30.3 Å². The number of pyridine rings is 1. The van der Waals surface area contributed by atoms with E-state index in [2.05, 4.69) is 45.7 Å². The summed E-state index contributed by atoms with van der Waals surface area (Å²) in [6, 6.07) is 18.3. The lowest BCUT2D eigenvalue weighted by atomic mass is 10.2. The first-order valence-corrected chi connectivity index (χ1v) is 10.7. The number of benzene rings is 2. The van der Waals surface area contributed by atoms with Gasteiger partial charge in [0.15, 0.2) is 0 Å². The Bertz CT molecular complexity index is 999. The van der Waals surface area contributed by atoms with Crippen molar-refractivity contribution in [3.8, 4) is 0 Å². The Morgan fingerprint density at radius 3 is 2.54 bits per heavy atom. The van der Waals surface area contributed by atoms with E-state index in [0.717, 1.165) is 35.4 Å². The minimum Gasteiger partial charge on any atom is -0.367 e. The van der Waals surface area contributed by atoms with E-state index < -0.39 is 0 Å². The summed E-state index contributed by atoms with van der Waals surface area (Å²) < 4.78 is 0. The third kappa shape index (κ3) is 3.78. The van der Waals surface area contributed by atoms with Crippen molar-refractivity contribution >= 4 is 40.1 Å². The summed E-state index contributed by atoms with van der Waals surface area (Å²) in [5, 5.41) is 4.08. The van der Waals surface area contributed by atoms with E-state index in [0.29, 0.717) is 13.1 Å². The molecule has 1 saturated heterocycles. The molecule has 1 aliphatic rings. The summed E-state index contributed by atoms with van der Waals surface area (Å²) >= 11 is 1.76. The Hall–Kier alpha value is -2.73. The van der Waals surface area contributed by atoms with E-state index in [-0.39, 0.29) is 6.03 Å². The summed E-state index contributed by atoms with van der Waals surface area (Å²) in [6.07, 6.45) is 2.10. The Kier molecular flexibility index (Phi) is 5.39. The van der Waals surface area contributed by atoms with Gasteiger partial charge in [-0.05, 0) is 37.4 Å². The largest absolute Gasteiger partial charge is 0.367 e. The molecular weight excluding hydrogens is 368 g/mol. The molecule has 0 bridgehead atoms. The van der Waals surface area contributed by atoms with E-state index in [1.807, 2.05) is 42.2 Å². The second-order valence-corrected chi connectivity index (χ2v) is 7.74. The summed E-state index contributed by atoms with van der Waals surface area (Å²) in [7, 11) is 0. The SMILES string of the molecule is CSc1ccccc1N1CCN(C(=O)Nc2cc3ccccc3nc2C)CC1. The molecule has 0 aliphatic carbocycles. The lowest BCUT2D eigenvalue weighted by Crippen LogP contribution is -2.50. The lowest BCUT2D eigenvalue weighted by molar-refractivity contribution is 0.208. The number of piperazine rings is 1. The number of anilines is 2. The Balaban J connectivity index is 1.42. The number of hydrogen-bond acceptors (Lipinski definition) is 4. The van der Waals surface area contributed by atoms with Crippen LogP contribution >= 0.6 is 11.8 Å². The molecule has 0 atom stereocenters. The van der Waals surface area contributed by atoms with Crippen LogP contribution in [-0.2, 0) is 0 Å². The molecule has 6 heteroatoms. The first-order chi connectivity index (χ1) is 13.7. The molecule has 2 heterocycles. The van der Waals surface area contributed by atoms with Crippen molar-refractivity contribution in [3.05, 3.63) is 60.3 Å². The van der Waals surface area contributed by atoms with Crippen LogP contribution in [0.5, 0.6) is 0 Å². The minimum absolute atomic E-state index is 0.0574. The highest BCUT2D eigenvalue weighted by Crippen LogP contribution is 2.29. The number of aryl methyl sites for hydroxylation is 1. The van der Waals surface area contributed by atoms with Gasteiger partial charge in [0, 0.05) is 36.5 Å². The first-order valence-electron chi connectivity index (χ1n) is 9.46. The molecule has 1 N–H and O–H groups in total. The summed E-state index contributed by atoms with van der Waals surface area (Å²) in [5.41, 5.74) is 3.81. The summed E-state index contributed by atoms with van der Waals surface area (Å²) in [5.74, 6) is 0. The van der Waals surface area contributed by atoms with Crippen LogP contribution in [0, 0.1) is 6.92 Å². The highest BCUT2D eigenvalue weighted by atomic mass is 32.2. The molecule has 1 aliphatic heterocycles. The van der Waals surface area contributed by atoms with Gasteiger partial charge >= 0.3 is 6.03 Å². The number of thioether (sulfide) groups is 1. The number of rotatable bonds is 3. The molecule has 5 nitrogen and oxygen atoms in total. The van der Waals surface area contributed by atoms with E-state index in [4.69, 9.17) is 0 Å². The second-order valence-electron chi connectivity index (χ2n) is 6.89. The molecule has 0 saturated carbocycles. The topological polar surface area (TPSA) is 48.5 Å². The summed E-state index contributed by atoms with van der Waals surface area (Å²) in [4.78, 5) is 22.9. The Morgan fingerprint density at radius 2 is 1.75 bits per heavy atom. The third-order valence-electron chi connectivity index (χ3n) is 5.15. The Labute approximate surface area is 169 Å². The highest BCUT2D eigenvalue weighted by Gasteiger charge is 2.23. The number of hydrogen-bond donors (Lipinski definition) is 1. The van der Waals surface area contributed by atoms with Crippen LogP contribution in [0.2, 0.25) is 0 Å². The maximum Gasteiger partial charge on any atom is 0.322 e. The van der Waals surface area contributed by atoms with Crippen LogP contribution in [0.4, 0.5) is 16.2 Å². The van der Waals surface area contributed by atoms with Gasteiger partial charge in [0.25, 0.3) is 0 Å². The van der Waals surface area contributed by atoms with Crippen molar-refractivity contribution in [1.82, 2.24) is 9.88 Å². The third-order valence-corrected chi connectivity index (χ3v) is 5.93. The molecule has 2 aromatic carbocycles. The molecule has 3 aromatic rings. The maximum atomic E-state index is 12.8. The van der Waals surface area contributed by atoms with Crippen molar-refractivity contribution in [3.63, 3.8) is 0 Å². The Morgan fingerprint density at radius 1 is 1.04 bits per heavy atom. The van der Waals surface area contributed by atoms with Crippen LogP contribution in [0.3, 0.4) is 0 Å². The van der Waals surface area contributed by atoms with Crippen LogP contribution in [-0.4, -0.2) is 48.3 Å². The molecule has 0 radical (unpaired) electrons. The molecule has 28 heavy (non-hydrogen) atoms. The van der Waals surface area contributed by atoms with E-state index in [1.165, 1.54) is 10.6 Å². The predicted molar refractivity (Wildman–Crippen MR) is 118 cm³/mol. The fraction of sp³-hybridized carbons (Fsp3) is 0.273. The quantitative estimate of drug-likeness (QED) is 0.661. The number of carbonyl (C=O) groups excluding carboxylic acids is 1. The number of para-hydroxylation sites is 2. The van der Waals surface area contributed by atoms with E-state index in [9.17, 15) is 4.79 Å². The molecule has 1 fully saturated rings. The fourth-order valence-corrected chi connectivity index (χ4v) is 4.20. The van der Waals surface area contributed by atoms with Crippen molar-refractivity contribution in [1.29, 1.82) is 0 Å². The standard InChI is InChI=1S/C22H24N4OS/c1-16-19(15-17-7-3-4-8-18(17)23-16)24-22(27)26-13-11-25(12-14-26)20-9-5-6-10-21(20)28-2/h3-10,15H,11-14H2,1-2H3,(H,24,27). The first kappa shape index (κ1) is 18.6. The van der Waals surface area contributed by atoms with Crippen LogP contribution in [0.25, 0.3) is 10.9 Å². The number of fused-ring (bicyclic) bond motifs is 1. The van der Waals surface area contributed by atoms with Gasteiger partial charge in [-0.15, -0.1) is 11.8 Å². The number of urea groups is 1. The van der Waals surface area contributed by atoms with Gasteiger partial charge in [0.05, 0.1) is 22.6 Å². The van der Waals surface area contributed by atoms with Gasteiger partial charge in [-0.3, -0.25) is 4.98 Å². The second kappa shape index (κ2) is 8.10. The van der Waals surface area contributed by atoms with Crippen LogP contribution < -0.4 is 10.2 Å². The van der Waals surface area contributed by atoms with Crippen LogP contribution in [0.1, 0.15) is 5.69 Å². The van der Waals surface area contributed by atoms with Gasteiger partial charge < -0.3 is 15.1 Å². The average molecular weight is 393 g/mol. The normalized spacial score (nSPS) is 14.4. The number of amides is 2. The number of nitrogens with zero attached hydrogens (tertiary/aromatic N) is 3. The van der Waals surface area contributed by atoms with Gasteiger partial charge in [-0.2, -0.15) is 0 Å². The molecule has 144 valence electrons. The van der Waals surface area contributed by atoms with Gasteiger partial charge in [0.1, 0.15) is 0 Å². The van der Waals surface area contributed by atoms with Gasteiger partial charge in [0.2, 0.25) is 0 Å². The van der Waals surface area contributed by atoms with Crippen LogP contribution in [0.15, 0.2) is 59.5 Å². The lowest BCUT2D eigenvalue weighted by Gasteiger charge is -2.36. The zero-order valence-electron chi connectivity index (χ0n) is 16.2. The molecule has 1 aromatic heterocycles. The summed E-state index contributed by atoms with van der Waals surface area (Å²) in [6.45, 7) is 5.00. The van der Waals surface area contributed by atoms with Crippen molar-refractivity contribution in [2.45, 2.75) is 11.8 Å². The zero-order valence-corrected chi connectivity index (χ0v) is 17.0. The number of nitrogens with one attached hydrogen (secondary N) is 1. The van der Waals surface area contributed by atoms with Gasteiger partial charge in [-0.25, -0.2) is 4.79 Å². The average Bonchev–Trinajstić information content (AvgIpc) is 2.74. The monoisotopic (exact) mass is 392 g/mol. The van der Waals surface area contributed by atoms with E-state index in [1.54, 1.807) is 11.8 Å². The molecule has 0 spiro atoms. The number of carbonyl (C=O) groups is 1. The van der Waals surface area contributed by atoms with Crippen molar-refractivity contribution in [2.24, 2.45) is 0 Å². The highest BCUT2D eigenvalue weighted by molar-refractivity contribution is 7.98. The minimum atomic E-state index is -0.0574. The van der Waals surface area contributed by atoms with E-state index >= 15 is 0 Å². The zero-order chi connectivity index (χ0) is 19.5. The molecule has 2 amide bonds. The molecule has 4 rings (SSSR count).